The van der Waals surface area contributed by atoms with Crippen LogP contribution in [0, 0.1) is 18.2 Å². The fraction of sp³-hybridized carbons (Fsp3) is 0.333. The minimum atomic E-state index is -0.171. The number of hydrogen-bond acceptors (Lipinski definition) is 1. The van der Waals surface area contributed by atoms with Crippen molar-refractivity contribution in [1.82, 2.24) is 5.32 Å². The maximum atomic E-state index is 13.9. The summed E-state index contributed by atoms with van der Waals surface area (Å²) in [6.45, 7) is 3.06. The van der Waals surface area contributed by atoms with E-state index >= 15 is 0 Å². The Balaban J connectivity index is 2.42. The van der Waals surface area contributed by atoms with Crippen molar-refractivity contribution < 1.29 is 4.39 Å². The highest BCUT2D eigenvalue weighted by Crippen LogP contribution is 2.28. The Morgan fingerprint density at radius 1 is 1.20 bits per heavy atom. The topological polar surface area (TPSA) is 12.0 Å². The molecule has 1 N–H and O–H groups in total. The number of nitrogens with one attached hydrogen (secondary N) is 1. The molecule has 0 aliphatic carbocycles. The van der Waals surface area contributed by atoms with Crippen LogP contribution in [0.1, 0.15) is 37.8 Å². The lowest BCUT2D eigenvalue weighted by Gasteiger charge is -2.20. The number of benzene rings is 2. The molecular weight excluding hydrogens is 249 g/mol. The Hall–Kier alpha value is -1.85. The van der Waals surface area contributed by atoms with E-state index in [9.17, 15) is 4.39 Å². The summed E-state index contributed by atoms with van der Waals surface area (Å²) in [6, 6.07) is 11.2. The molecule has 2 rings (SSSR count). The largest absolute Gasteiger partial charge is 0.310 e. The van der Waals surface area contributed by atoms with Crippen molar-refractivity contribution in [2.24, 2.45) is 0 Å². The monoisotopic (exact) mass is 269 g/mol. The molecule has 2 aromatic rings. The van der Waals surface area contributed by atoms with Crippen LogP contribution in [0.25, 0.3) is 10.8 Å². The molecule has 20 heavy (non-hydrogen) atoms. The van der Waals surface area contributed by atoms with Crippen LogP contribution in [-0.2, 0) is 0 Å². The molecule has 104 valence electrons. The predicted octanol–water partition coefficient (Wildman–Crippen LogP) is 4.43. The van der Waals surface area contributed by atoms with Crippen LogP contribution in [0.4, 0.5) is 4.39 Å². The van der Waals surface area contributed by atoms with Gasteiger partial charge in [0.15, 0.2) is 0 Å². The summed E-state index contributed by atoms with van der Waals surface area (Å²) in [5.74, 6) is 2.52. The highest BCUT2D eigenvalue weighted by molar-refractivity contribution is 5.86. The third-order valence-corrected chi connectivity index (χ3v) is 3.50. The Morgan fingerprint density at radius 2 is 1.95 bits per heavy atom. The predicted molar refractivity (Wildman–Crippen MR) is 83.0 cm³/mol. The van der Waals surface area contributed by atoms with Gasteiger partial charge in [-0.25, -0.2) is 4.39 Å². The second-order valence-electron chi connectivity index (χ2n) is 4.93. The van der Waals surface area contributed by atoms with Gasteiger partial charge in [0.25, 0.3) is 0 Å². The third kappa shape index (κ3) is 3.18. The molecule has 2 heteroatoms. The SMILES string of the molecule is C#CCCC(NCCC)c1ccc(F)c2ccccc12. The fourth-order valence-corrected chi connectivity index (χ4v) is 2.50. The Morgan fingerprint density at radius 3 is 2.65 bits per heavy atom. The lowest BCUT2D eigenvalue weighted by atomic mass is 9.95. The van der Waals surface area contributed by atoms with E-state index < -0.39 is 0 Å². The number of rotatable bonds is 6. The number of terminal acetylenes is 1. The Kier molecular flexibility index (Phi) is 5.15. The molecule has 0 saturated heterocycles. The van der Waals surface area contributed by atoms with Crippen molar-refractivity contribution >= 4 is 10.8 Å². The molecule has 0 saturated carbocycles. The summed E-state index contributed by atoms with van der Waals surface area (Å²) in [5.41, 5.74) is 1.13. The Labute approximate surface area is 120 Å². The molecular formula is C18H20FN. The van der Waals surface area contributed by atoms with Crippen molar-refractivity contribution in [3.63, 3.8) is 0 Å². The molecule has 1 unspecified atom stereocenters. The standard InChI is InChI=1S/C18H20FN/c1-3-5-10-18(20-13-4-2)16-11-12-17(19)15-9-7-6-8-14(15)16/h1,6-9,11-12,18,20H,4-5,10,13H2,2H3. The molecule has 0 amide bonds. The molecule has 0 fully saturated rings. The van der Waals surface area contributed by atoms with Gasteiger partial charge in [0.2, 0.25) is 0 Å². The summed E-state index contributed by atoms with van der Waals surface area (Å²) < 4.78 is 13.9. The van der Waals surface area contributed by atoms with E-state index in [4.69, 9.17) is 6.42 Å². The van der Waals surface area contributed by atoms with Gasteiger partial charge in [0, 0.05) is 17.8 Å². The van der Waals surface area contributed by atoms with Crippen molar-refractivity contribution in [3.8, 4) is 12.3 Å². The van der Waals surface area contributed by atoms with Gasteiger partial charge >= 0.3 is 0 Å². The molecule has 0 aromatic heterocycles. The summed E-state index contributed by atoms with van der Waals surface area (Å²) in [4.78, 5) is 0. The first-order chi connectivity index (χ1) is 9.77. The van der Waals surface area contributed by atoms with Crippen molar-refractivity contribution in [2.45, 2.75) is 32.2 Å². The van der Waals surface area contributed by atoms with Crippen molar-refractivity contribution in [3.05, 3.63) is 47.8 Å². The van der Waals surface area contributed by atoms with Gasteiger partial charge in [-0.3, -0.25) is 0 Å². The Bertz CT molecular complexity index is 612. The van der Waals surface area contributed by atoms with E-state index in [0.29, 0.717) is 11.8 Å². The van der Waals surface area contributed by atoms with Gasteiger partial charge in [0.05, 0.1) is 0 Å². The molecule has 0 aliphatic rings. The summed E-state index contributed by atoms with van der Waals surface area (Å²) >= 11 is 0. The van der Waals surface area contributed by atoms with Crippen LogP contribution in [0.2, 0.25) is 0 Å². The number of halogens is 1. The molecule has 0 radical (unpaired) electrons. The summed E-state index contributed by atoms with van der Waals surface area (Å²) in [7, 11) is 0. The lowest BCUT2D eigenvalue weighted by molar-refractivity contribution is 0.508. The number of hydrogen-bond donors (Lipinski definition) is 1. The van der Waals surface area contributed by atoms with Gasteiger partial charge in [-0.2, -0.15) is 0 Å². The van der Waals surface area contributed by atoms with E-state index in [0.717, 1.165) is 30.3 Å². The van der Waals surface area contributed by atoms with E-state index in [2.05, 4.69) is 18.2 Å². The first kappa shape index (κ1) is 14.6. The highest BCUT2D eigenvalue weighted by atomic mass is 19.1. The molecule has 0 aliphatic heterocycles. The van der Waals surface area contributed by atoms with E-state index in [1.807, 2.05) is 30.3 Å². The van der Waals surface area contributed by atoms with Crippen molar-refractivity contribution in [2.75, 3.05) is 6.54 Å². The molecule has 0 bridgehead atoms. The maximum absolute atomic E-state index is 13.9. The second kappa shape index (κ2) is 7.07. The van der Waals surface area contributed by atoms with Crippen LogP contribution >= 0.6 is 0 Å². The van der Waals surface area contributed by atoms with Crippen LogP contribution in [-0.4, -0.2) is 6.54 Å². The minimum Gasteiger partial charge on any atom is -0.310 e. The van der Waals surface area contributed by atoms with Crippen LogP contribution in [0.5, 0.6) is 0 Å². The summed E-state index contributed by atoms with van der Waals surface area (Å²) in [6.07, 6.45) is 8.03. The maximum Gasteiger partial charge on any atom is 0.131 e. The van der Waals surface area contributed by atoms with E-state index in [-0.39, 0.29) is 11.9 Å². The third-order valence-electron chi connectivity index (χ3n) is 3.50. The molecule has 0 heterocycles. The zero-order chi connectivity index (χ0) is 14.4. The molecule has 1 nitrogen and oxygen atoms in total. The number of fused-ring (bicyclic) bond motifs is 1. The van der Waals surface area contributed by atoms with E-state index in [1.54, 1.807) is 6.07 Å². The highest BCUT2D eigenvalue weighted by Gasteiger charge is 2.14. The van der Waals surface area contributed by atoms with Crippen LogP contribution in [0.15, 0.2) is 36.4 Å². The van der Waals surface area contributed by atoms with Gasteiger partial charge in [0.1, 0.15) is 5.82 Å². The smallest absolute Gasteiger partial charge is 0.131 e. The quantitative estimate of drug-likeness (QED) is 0.765. The summed E-state index contributed by atoms with van der Waals surface area (Å²) in [5, 5.41) is 5.16. The minimum absolute atomic E-state index is 0.171. The second-order valence-corrected chi connectivity index (χ2v) is 4.93. The van der Waals surface area contributed by atoms with Gasteiger partial charge in [-0.1, -0.05) is 37.3 Å². The van der Waals surface area contributed by atoms with Crippen LogP contribution in [0.3, 0.4) is 0 Å². The van der Waals surface area contributed by atoms with Gasteiger partial charge in [-0.05, 0) is 36.4 Å². The van der Waals surface area contributed by atoms with E-state index in [1.165, 1.54) is 0 Å². The lowest BCUT2D eigenvalue weighted by Crippen LogP contribution is -2.22. The molecule has 1 atom stereocenters. The van der Waals surface area contributed by atoms with Gasteiger partial charge in [-0.15, -0.1) is 12.3 Å². The molecule has 2 aromatic carbocycles. The average molecular weight is 269 g/mol. The van der Waals surface area contributed by atoms with Crippen molar-refractivity contribution in [1.29, 1.82) is 0 Å². The van der Waals surface area contributed by atoms with Crippen LogP contribution < -0.4 is 5.32 Å². The zero-order valence-electron chi connectivity index (χ0n) is 11.8. The van der Waals surface area contributed by atoms with Gasteiger partial charge < -0.3 is 5.32 Å². The molecule has 0 spiro atoms. The first-order valence-corrected chi connectivity index (χ1v) is 7.12. The first-order valence-electron chi connectivity index (χ1n) is 7.12. The zero-order valence-corrected chi connectivity index (χ0v) is 11.8. The normalized spacial score (nSPS) is 12.2. The average Bonchev–Trinajstić information content (AvgIpc) is 2.49. The fourth-order valence-electron chi connectivity index (χ4n) is 2.50.